The van der Waals surface area contributed by atoms with E-state index in [2.05, 4.69) is 0 Å². The Balaban J connectivity index is 2.59. The van der Waals surface area contributed by atoms with Crippen LogP contribution in [0.5, 0.6) is 0 Å². The van der Waals surface area contributed by atoms with E-state index in [0.29, 0.717) is 19.7 Å². The van der Waals surface area contributed by atoms with E-state index in [1.165, 1.54) is 7.11 Å². The third-order valence-corrected chi connectivity index (χ3v) is 2.29. The van der Waals surface area contributed by atoms with Crippen molar-refractivity contribution in [2.45, 2.75) is 12.1 Å². The average Bonchev–Trinajstić information content (AvgIpc) is 2.25. The fourth-order valence-corrected chi connectivity index (χ4v) is 1.52. The van der Waals surface area contributed by atoms with Gasteiger partial charge in [-0.05, 0) is 0 Å². The number of nitrogens with zero attached hydrogens (tertiary/aromatic N) is 2. The van der Waals surface area contributed by atoms with E-state index in [-0.39, 0.29) is 6.61 Å². The summed E-state index contributed by atoms with van der Waals surface area (Å²) in [6.07, 6.45) is -0.544. The van der Waals surface area contributed by atoms with Gasteiger partial charge >= 0.3 is 5.97 Å². The molecule has 0 spiro atoms. The molecule has 1 fully saturated rings. The van der Waals surface area contributed by atoms with Crippen LogP contribution >= 0.6 is 0 Å². The van der Waals surface area contributed by atoms with Crippen LogP contribution < -0.4 is 0 Å². The van der Waals surface area contributed by atoms with Crippen molar-refractivity contribution in [3.8, 4) is 6.07 Å². The van der Waals surface area contributed by atoms with Gasteiger partial charge in [0, 0.05) is 20.2 Å². The summed E-state index contributed by atoms with van der Waals surface area (Å²) in [5, 5.41) is 17.6. The van der Waals surface area contributed by atoms with Crippen LogP contribution in [-0.4, -0.2) is 61.5 Å². The third-order valence-electron chi connectivity index (χ3n) is 2.29. The number of carbonyl (C=O) groups is 1. The zero-order valence-corrected chi connectivity index (χ0v) is 8.55. The molecule has 0 bridgehead atoms. The minimum absolute atomic E-state index is 0.119. The van der Waals surface area contributed by atoms with E-state index in [9.17, 15) is 4.79 Å². The Hall–Kier alpha value is -1.16. The van der Waals surface area contributed by atoms with Gasteiger partial charge in [0.15, 0.2) is 6.10 Å². The van der Waals surface area contributed by atoms with Gasteiger partial charge in [-0.1, -0.05) is 0 Å². The minimum atomic E-state index is -0.935. The molecule has 1 N–H and O–H groups in total. The first-order valence-electron chi connectivity index (χ1n) is 4.66. The number of ether oxygens (including phenoxy) is 2. The highest BCUT2D eigenvalue weighted by Crippen LogP contribution is 2.09. The van der Waals surface area contributed by atoms with E-state index >= 15 is 0 Å². The molecule has 6 nitrogen and oxygen atoms in total. The molecule has 0 amide bonds. The van der Waals surface area contributed by atoms with Crippen LogP contribution in [0.15, 0.2) is 0 Å². The van der Waals surface area contributed by atoms with Crippen molar-refractivity contribution < 1.29 is 19.4 Å². The lowest BCUT2D eigenvalue weighted by molar-refractivity contribution is -0.148. The standard InChI is InChI=1S/C9H14N2O4/c1-14-6-8(9(12)13)11-2-3-15-7(4-10)5-11/h7-8H,2-3,5-6H2,1H3,(H,12,13). The predicted octanol–water partition coefficient (Wildman–Crippen LogP) is -0.690. The van der Waals surface area contributed by atoms with E-state index in [1.54, 1.807) is 4.90 Å². The van der Waals surface area contributed by atoms with Crippen LogP contribution in [0.3, 0.4) is 0 Å². The van der Waals surface area contributed by atoms with Crippen LogP contribution in [0.4, 0.5) is 0 Å². The summed E-state index contributed by atoms with van der Waals surface area (Å²) in [5.41, 5.74) is 0. The maximum atomic E-state index is 10.9. The molecule has 84 valence electrons. The SMILES string of the molecule is COCC(C(=O)O)N1CCOC(C#N)C1. The molecule has 2 unspecified atom stereocenters. The summed E-state index contributed by atoms with van der Waals surface area (Å²) in [6.45, 7) is 1.33. The molecule has 1 rings (SSSR count). The molecule has 6 heteroatoms. The molecule has 0 aromatic rings. The Kier molecular flexibility index (Phi) is 4.49. The lowest BCUT2D eigenvalue weighted by Crippen LogP contribution is -2.52. The Morgan fingerprint density at radius 1 is 1.87 bits per heavy atom. The lowest BCUT2D eigenvalue weighted by Gasteiger charge is -2.33. The highest BCUT2D eigenvalue weighted by molar-refractivity contribution is 5.73. The number of nitriles is 1. The summed E-state index contributed by atoms with van der Waals surface area (Å²) >= 11 is 0. The van der Waals surface area contributed by atoms with Crippen molar-refractivity contribution >= 4 is 5.97 Å². The van der Waals surface area contributed by atoms with Gasteiger partial charge in [0.1, 0.15) is 6.04 Å². The molecule has 15 heavy (non-hydrogen) atoms. The van der Waals surface area contributed by atoms with Crippen LogP contribution in [0.25, 0.3) is 0 Å². The zero-order chi connectivity index (χ0) is 11.3. The normalized spacial score (nSPS) is 24.4. The van der Waals surface area contributed by atoms with Crippen molar-refractivity contribution in [1.82, 2.24) is 4.90 Å². The molecule has 1 heterocycles. The number of hydrogen-bond donors (Lipinski definition) is 1. The van der Waals surface area contributed by atoms with Crippen molar-refractivity contribution in [2.24, 2.45) is 0 Å². The number of aliphatic carboxylic acids is 1. The van der Waals surface area contributed by atoms with Gasteiger partial charge in [-0.3, -0.25) is 9.69 Å². The van der Waals surface area contributed by atoms with Gasteiger partial charge in [0.2, 0.25) is 0 Å². The number of carboxylic acid groups (broad SMARTS) is 1. The first-order chi connectivity index (χ1) is 7.19. The molecular weight excluding hydrogens is 200 g/mol. The Morgan fingerprint density at radius 2 is 2.60 bits per heavy atom. The highest BCUT2D eigenvalue weighted by atomic mass is 16.5. The first kappa shape index (κ1) is 11.9. The quantitative estimate of drug-likeness (QED) is 0.667. The van der Waals surface area contributed by atoms with Gasteiger partial charge in [-0.25, -0.2) is 0 Å². The van der Waals surface area contributed by atoms with Gasteiger partial charge in [-0.2, -0.15) is 5.26 Å². The first-order valence-corrected chi connectivity index (χ1v) is 4.66. The summed E-state index contributed by atoms with van der Waals surface area (Å²) in [4.78, 5) is 12.6. The number of methoxy groups -OCH3 is 1. The number of carboxylic acids is 1. The molecule has 1 aliphatic heterocycles. The highest BCUT2D eigenvalue weighted by Gasteiger charge is 2.30. The Labute approximate surface area is 88.0 Å². The number of rotatable bonds is 4. The molecule has 0 aromatic carbocycles. The smallest absolute Gasteiger partial charge is 0.323 e. The fourth-order valence-electron chi connectivity index (χ4n) is 1.52. The average molecular weight is 214 g/mol. The van der Waals surface area contributed by atoms with E-state index in [0.717, 1.165) is 0 Å². The summed E-state index contributed by atoms with van der Waals surface area (Å²) in [6, 6.07) is 1.27. The second kappa shape index (κ2) is 5.66. The Bertz CT molecular complexity index is 263. The molecule has 0 aliphatic carbocycles. The van der Waals surface area contributed by atoms with Gasteiger partial charge < -0.3 is 14.6 Å². The monoisotopic (exact) mass is 214 g/mol. The predicted molar refractivity (Wildman–Crippen MR) is 50.2 cm³/mol. The molecular formula is C9H14N2O4. The number of hydrogen-bond acceptors (Lipinski definition) is 5. The maximum Gasteiger partial charge on any atom is 0.323 e. The van der Waals surface area contributed by atoms with E-state index in [4.69, 9.17) is 19.8 Å². The van der Waals surface area contributed by atoms with Crippen molar-refractivity contribution in [3.05, 3.63) is 0 Å². The van der Waals surface area contributed by atoms with Crippen LogP contribution in [0, 0.1) is 11.3 Å². The van der Waals surface area contributed by atoms with Gasteiger partial charge in [-0.15, -0.1) is 0 Å². The lowest BCUT2D eigenvalue weighted by atomic mass is 10.2. The van der Waals surface area contributed by atoms with Crippen molar-refractivity contribution in [1.29, 1.82) is 5.26 Å². The van der Waals surface area contributed by atoms with E-state index in [1.807, 2.05) is 6.07 Å². The molecule has 0 saturated carbocycles. The van der Waals surface area contributed by atoms with Gasteiger partial charge in [0.05, 0.1) is 19.3 Å². The minimum Gasteiger partial charge on any atom is -0.480 e. The van der Waals surface area contributed by atoms with Gasteiger partial charge in [0.25, 0.3) is 0 Å². The molecule has 0 radical (unpaired) electrons. The van der Waals surface area contributed by atoms with Crippen molar-refractivity contribution in [3.63, 3.8) is 0 Å². The van der Waals surface area contributed by atoms with Crippen molar-refractivity contribution in [2.75, 3.05) is 33.4 Å². The second-order valence-electron chi connectivity index (χ2n) is 3.29. The van der Waals surface area contributed by atoms with E-state index < -0.39 is 18.1 Å². The molecule has 1 saturated heterocycles. The summed E-state index contributed by atoms with van der Waals surface area (Å²) < 4.78 is 9.97. The van der Waals surface area contributed by atoms with Crippen LogP contribution in [0.1, 0.15) is 0 Å². The molecule has 0 aromatic heterocycles. The molecule has 2 atom stereocenters. The third kappa shape index (κ3) is 3.16. The number of morpholine rings is 1. The largest absolute Gasteiger partial charge is 0.480 e. The fraction of sp³-hybridized carbons (Fsp3) is 0.778. The second-order valence-corrected chi connectivity index (χ2v) is 3.29. The zero-order valence-electron chi connectivity index (χ0n) is 8.55. The van der Waals surface area contributed by atoms with Crippen LogP contribution in [-0.2, 0) is 14.3 Å². The Morgan fingerprint density at radius 3 is 3.13 bits per heavy atom. The topological polar surface area (TPSA) is 82.8 Å². The van der Waals surface area contributed by atoms with Crippen LogP contribution in [0.2, 0.25) is 0 Å². The summed E-state index contributed by atoms with van der Waals surface area (Å²) in [7, 11) is 1.46. The maximum absolute atomic E-state index is 10.9. The molecule has 1 aliphatic rings. The summed E-state index contributed by atoms with van der Waals surface area (Å²) in [5.74, 6) is -0.935.